The fourth-order valence-corrected chi connectivity index (χ4v) is 1.95. The third-order valence-corrected chi connectivity index (χ3v) is 2.64. The topological polar surface area (TPSA) is 21.3 Å². The molecule has 0 radical (unpaired) electrons. The van der Waals surface area contributed by atoms with Gasteiger partial charge in [-0.25, -0.2) is 0 Å². The maximum atomic E-state index is 5.69. The lowest BCUT2D eigenvalue weighted by molar-refractivity contribution is 0.0766. The smallest absolute Gasteiger partial charge is 0.0729 e. The first kappa shape index (κ1) is 11.6. The van der Waals surface area contributed by atoms with Gasteiger partial charge in [0.05, 0.1) is 6.10 Å². The molecule has 1 aliphatic heterocycles. The molecule has 2 unspecified atom stereocenters. The van der Waals surface area contributed by atoms with Crippen molar-refractivity contribution < 1.29 is 4.74 Å². The quantitative estimate of drug-likeness (QED) is 0.677. The molecule has 0 aromatic heterocycles. The average Bonchev–Trinajstić information content (AvgIpc) is 2.70. The molecule has 0 spiro atoms. The van der Waals surface area contributed by atoms with Gasteiger partial charge in [-0.1, -0.05) is 6.92 Å². The van der Waals surface area contributed by atoms with Crippen LogP contribution in [0.3, 0.4) is 0 Å². The minimum Gasteiger partial charge on any atom is -0.377 e. The molecule has 1 N–H and O–H groups in total. The molecule has 0 bridgehead atoms. The number of ether oxygens (including phenoxy) is 1. The highest BCUT2D eigenvalue weighted by Crippen LogP contribution is 2.18. The molecule has 2 nitrogen and oxygen atoms in total. The van der Waals surface area contributed by atoms with E-state index in [4.69, 9.17) is 4.74 Å². The van der Waals surface area contributed by atoms with Gasteiger partial charge in [0.2, 0.25) is 0 Å². The van der Waals surface area contributed by atoms with Crippen molar-refractivity contribution in [3.05, 3.63) is 0 Å². The highest BCUT2D eigenvalue weighted by atomic mass is 16.5. The van der Waals surface area contributed by atoms with Crippen molar-refractivity contribution in [3.8, 4) is 11.8 Å². The molecule has 2 heteroatoms. The Morgan fingerprint density at radius 3 is 3.00 bits per heavy atom. The van der Waals surface area contributed by atoms with Crippen LogP contribution in [0.1, 0.15) is 39.5 Å². The van der Waals surface area contributed by atoms with Crippen LogP contribution in [-0.2, 0) is 4.74 Å². The Bertz CT molecular complexity index is 198. The van der Waals surface area contributed by atoms with Crippen molar-refractivity contribution >= 4 is 0 Å². The summed E-state index contributed by atoms with van der Waals surface area (Å²) in [5, 5.41) is 3.49. The van der Waals surface area contributed by atoms with Crippen LogP contribution in [0.25, 0.3) is 0 Å². The zero-order valence-corrected chi connectivity index (χ0v) is 9.31. The minimum atomic E-state index is 0.425. The van der Waals surface area contributed by atoms with Crippen molar-refractivity contribution in [3.63, 3.8) is 0 Å². The molecule has 14 heavy (non-hydrogen) atoms. The third kappa shape index (κ3) is 3.69. The maximum absolute atomic E-state index is 5.69. The Balaban J connectivity index is 2.31. The van der Waals surface area contributed by atoms with Crippen LogP contribution in [0.4, 0.5) is 0 Å². The van der Waals surface area contributed by atoms with Crippen LogP contribution >= 0.6 is 0 Å². The van der Waals surface area contributed by atoms with Crippen molar-refractivity contribution in [2.45, 2.75) is 51.7 Å². The molecule has 0 aromatic rings. The van der Waals surface area contributed by atoms with E-state index in [1.54, 1.807) is 0 Å². The van der Waals surface area contributed by atoms with Gasteiger partial charge < -0.3 is 10.1 Å². The first-order valence-electron chi connectivity index (χ1n) is 5.63. The van der Waals surface area contributed by atoms with Crippen LogP contribution < -0.4 is 5.32 Å². The van der Waals surface area contributed by atoms with Crippen molar-refractivity contribution in [1.29, 1.82) is 0 Å². The summed E-state index contributed by atoms with van der Waals surface area (Å²) in [6.45, 7) is 6.00. The Morgan fingerprint density at radius 2 is 2.43 bits per heavy atom. The summed E-state index contributed by atoms with van der Waals surface area (Å²) in [5.41, 5.74) is 0. The van der Waals surface area contributed by atoms with Gasteiger partial charge in [0.15, 0.2) is 0 Å². The molecule has 1 saturated heterocycles. The van der Waals surface area contributed by atoms with Crippen LogP contribution in [0, 0.1) is 11.8 Å². The minimum absolute atomic E-state index is 0.425. The van der Waals surface area contributed by atoms with Crippen molar-refractivity contribution in [2.75, 3.05) is 13.2 Å². The van der Waals surface area contributed by atoms with Gasteiger partial charge in [-0.3, -0.25) is 0 Å². The van der Waals surface area contributed by atoms with Crippen molar-refractivity contribution in [2.24, 2.45) is 0 Å². The highest BCUT2D eigenvalue weighted by Gasteiger charge is 2.24. The van der Waals surface area contributed by atoms with E-state index in [1.165, 1.54) is 12.8 Å². The van der Waals surface area contributed by atoms with Crippen LogP contribution in [0.2, 0.25) is 0 Å². The summed E-state index contributed by atoms with van der Waals surface area (Å²) in [5.74, 6) is 6.05. The van der Waals surface area contributed by atoms with E-state index in [0.717, 1.165) is 26.0 Å². The highest BCUT2D eigenvalue weighted by molar-refractivity contribution is 4.96. The summed E-state index contributed by atoms with van der Waals surface area (Å²) in [4.78, 5) is 0. The number of hydrogen-bond acceptors (Lipinski definition) is 2. The lowest BCUT2D eigenvalue weighted by atomic mass is 10.0. The monoisotopic (exact) mass is 195 g/mol. The fourth-order valence-electron chi connectivity index (χ4n) is 1.95. The molecule has 0 amide bonds. The van der Waals surface area contributed by atoms with Crippen molar-refractivity contribution in [1.82, 2.24) is 5.32 Å². The van der Waals surface area contributed by atoms with Gasteiger partial charge in [-0.15, -0.1) is 11.8 Å². The van der Waals surface area contributed by atoms with Gasteiger partial charge in [0, 0.05) is 19.1 Å². The molecule has 1 rings (SSSR count). The second-order valence-electron chi connectivity index (χ2n) is 3.68. The molecule has 2 atom stereocenters. The predicted octanol–water partition coefficient (Wildman–Crippen LogP) is 1.95. The van der Waals surface area contributed by atoms with Gasteiger partial charge in [0.25, 0.3) is 0 Å². The summed E-state index contributed by atoms with van der Waals surface area (Å²) in [6.07, 6.45) is 4.94. The zero-order chi connectivity index (χ0) is 10.2. The molecule has 80 valence electrons. The van der Waals surface area contributed by atoms with E-state index in [1.807, 2.05) is 6.92 Å². The average molecular weight is 195 g/mol. The number of hydrogen-bond donors (Lipinski definition) is 1. The molecule has 0 aromatic carbocycles. The normalized spacial score (nSPS) is 22.9. The number of likely N-dealkylation sites (N-methyl/N-ethyl adjacent to an activating group) is 1. The third-order valence-electron chi connectivity index (χ3n) is 2.64. The molecule has 0 saturated carbocycles. The molecular formula is C12H21NO. The Hall–Kier alpha value is -0.520. The zero-order valence-electron chi connectivity index (χ0n) is 9.31. The van der Waals surface area contributed by atoms with Crippen LogP contribution in [-0.4, -0.2) is 25.3 Å². The Labute approximate surface area is 87.4 Å². The summed E-state index contributed by atoms with van der Waals surface area (Å²) < 4.78 is 5.69. The van der Waals surface area contributed by atoms with E-state index in [-0.39, 0.29) is 0 Å². The SMILES string of the molecule is CC#CCCC(NCC)C1CCCO1. The van der Waals surface area contributed by atoms with E-state index >= 15 is 0 Å². The first-order chi connectivity index (χ1) is 6.88. The molecule has 1 aliphatic rings. The van der Waals surface area contributed by atoms with E-state index in [2.05, 4.69) is 24.1 Å². The lowest BCUT2D eigenvalue weighted by Crippen LogP contribution is -2.39. The van der Waals surface area contributed by atoms with Gasteiger partial charge in [0.1, 0.15) is 0 Å². The van der Waals surface area contributed by atoms with Gasteiger partial charge >= 0.3 is 0 Å². The molecule has 1 fully saturated rings. The first-order valence-corrected chi connectivity index (χ1v) is 5.63. The second kappa shape index (κ2) is 6.86. The lowest BCUT2D eigenvalue weighted by Gasteiger charge is -2.22. The van der Waals surface area contributed by atoms with Crippen LogP contribution in [0.15, 0.2) is 0 Å². The predicted molar refractivity (Wildman–Crippen MR) is 59.1 cm³/mol. The molecule has 0 aliphatic carbocycles. The second-order valence-corrected chi connectivity index (χ2v) is 3.68. The van der Waals surface area contributed by atoms with E-state index in [0.29, 0.717) is 12.1 Å². The van der Waals surface area contributed by atoms with Gasteiger partial charge in [-0.05, 0) is 32.7 Å². The molecule has 1 heterocycles. The summed E-state index contributed by atoms with van der Waals surface area (Å²) >= 11 is 0. The van der Waals surface area contributed by atoms with Crippen LogP contribution in [0.5, 0.6) is 0 Å². The maximum Gasteiger partial charge on any atom is 0.0729 e. The fraction of sp³-hybridized carbons (Fsp3) is 0.833. The van der Waals surface area contributed by atoms with E-state index in [9.17, 15) is 0 Å². The number of nitrogens with one attached hydrogen (secondary N) is 1. The Morgan fingerprint density at radius 1 is 1.57 bits per heavy atom. The largest absolute Gasteiger partial charge is 0.377 e. The van der Waals surface area contributed by atoms with E-state index < -0.39 is 0 Å². The number of rotatable bonds is 5. The summed E-state index contributed by atoms with van der Waals surface area (Å²) in [7, 11) is 0. The molecular weight excluding hydrogens is 174 g/mol. The standard InChI is InChI=1S/C12H21NO/c1-3-5-6-8-11(13-4-2)12-9-7-10-14-12/h11-13H,4,6-10H2,1-2H3. The summed E-state index contributed by atoms with van der Waals surface area (Å²) in [6, 6.07) is 0.503. The van der Waals surface area contributed by atoms with Gasteiger partial charge in [-0.2, -0.15) is 0 Å². The Kier molecular flexibility index (Phi) is 5.66.